The van der Waals surface area contributed by atoms with Crippen molar-refractivity contribution in [2.75, 3.05) is 33.8 Å². The quantitative estimate of drug-likeness (QED) is 0.732. The number of hydrogen-bond acceptors (Lipinski definition) is 5. The first-order valence-electron chi connectivity index (χ1n) is 7.06. The van der Waals surface area contributed by atoms with E-state index < -0.39 is 5.54 Å². The molecular weight excluding hydrogens is 244 g/mol. The number of methoxy groups -OCH3 is 1. The van der Waals surface area contributed by atoms with Crippen molar-refractivity contribution in [3.63, 3.8) is 0 Å². The number of carbonyl (C=O) groups excluding carboxylic acids is 1. The Morgan fingerprint density at radius 1 is 1.42 bits per heavy atom. The van der Waals surface area contributed by atoms with Crippen molar-refractivity contribution in [3.05, 3.63) is 0 Å². The molecule has 5 nitrogen and oxygen atoms in total. The maximum absolute atomic E-state index is 11.7. The minimum atomic E-state index is -0.585. The largest absolute Gasteiger partial charge is 0.468 e. The Labute approximate surface area is 116 Å². The van der Waals surface area contributed by atoms with E-state index in [2.05, 4.69) is 24.1 Å². The fraction of sp³-hybridized carbons (Fsp3) is 0.929. The molecule has 1 rings (SSSR count). The minimum Gasteiger partial charge on any atom is -0.468 e. The van der Waals surface area contributed by atoms with Crippen LogP contribution in [-0.2, 0) is 14.3 Å². The van der Waals surface area contributed by atoms with E-state index in [0.29, 0.717) is 12.2 Å². The van der Waals surface area contributed by atoms with E-state index in [4.69, 9.17) is 9.47 Å². The Bertz CT molecular complexity index is 288. The molecule has 0 radical (unpaired) electrons. The third kappa shape index (κ3) is 4.75. The zero-order valence-electron chi connectivity index (χ0n) is 12.9. The number of nitrogens with one attached hydrogen (secondary N) is 1. The van der Waals surface area contributed by atoms with Crippen LogP contribution in [0.25, 0.3) is 0 Å². The molecular formula is C14H28N2O3. The molecule has 112 valence electrons. The number of ether oxygens (including phenoxy) is 2. The van der Waals surface area contributed by atoms with Crippen LogP contribution in [0.15, 0.2) is 0 Å². The van der Waals surface area contributed by atoms with E-state index in [9.17, 15) is 4.79 Å². The van der Waals surface area contributed by atoms with Gasteiger partial charge in [-0.05, 0) is 47.2 Å². The SMILES string of the molecule is CNC(C)(CCCN1CC(C)OC(C)C1)C(=O)OC. The Balaban J connectivity index is 2.38. The lowest BCUT2D eigenvalue weighted by Gasteiger charge is -2.36. The third-order valence-corrected chi connectivity index (χ3v) is 3.83. The van der Waals surface area contributed by atoms with Crippen molar-refractivity contribution in [3.8, 4) is 0 Å². The summed E-state index contributed by atoms with van der Waals surface area (Å²) in [5.41, 5.74) is -0.585. The van der Waals surface area contributed by atoms with Gasteiger partial charge < -0.3 is 14.8 Å². The van der Waals surface area contributed by atoms with Crippen molar-refractivity contribution in [1.82, 2.24) is 10.2 Å². The first-order valence-corrected chi connectivity index (χ1v) is 7.06. The lowest BCUT2D eigenvalue weighted by Crippen LogP contribution is -2.49. The summed E-state index contributed by atoms with van der Waals surface area (Å²) >= 11 is 0. The maximum atomic E-state index is 11.7. The summed E-state index contributed by atoms with van der Waals surface area (Å²) in [7, 11) is 3.24. The molecule has 1 aliphatic heterocycles. The molecule has 3 atom stereocenters. The lowest BCUT2D eigenvalue weighted by atomic mass is 9.96. The highest BCUT2D eigenvalue weighted by Crippen LogP contribution is 2.16. The molecule has 1 saturated heterocycles. The number of hydrogen-bond donors (Lipinski definition) is 1. The van der Waals surface area contributed by atoms with Crippen molar-refractivity contribution < 1.29 is 14.3 Å². The highest BCUT2D eigenvalue weighted by Gasteiger charge is 2.32. The van der Waals surface area contributed by atoms with Crippen molar-refractivity contribution in [2.24, 2.45) is 0 Å². The van der Waals surface area contributed by atoms with Crippen LogP contribution >= 0.6 is 0 Å². The van der Waals surface area contributed by atoms with Gasteiger partial charge in [0, 0.05) is 13.1 Å². The highest BCUT2D eigenvalue weighted by molar-refractivity contribution is 5.80. The van der Waals surface area contributed by atoms with Gasteiger partial charge in [-0.2, -0.15) is 0 Å². The van der Waals surface area contributed by atoms with E-state index in [1.54, 1.807) is 7.05 Å². The minimum absolute atomic E-state index is 0.196. The van der Waals surface area contributed by atoms with Crippen LogP contribution in [0.4, 0.5) is 0 Å². The van der Waals surface area contributed by atoms with Crippen LogP contribution in [0.1, 0.15) is 33.6 Å². The molecule has 1 fully saturated rings. The Kier molecular flexibility index (Phi) is 6.23. The number of esters is 1. The van der Waals surface area contributed by atoms with Gasteiger partial charge >= 0.3 is 5.97 Å². The highest BCUT2D eigenvalue weighted by atomic mass is 16.5. The molecule has 0 aliphatic carbocycles. The van der Waals surface area contributed by atoms with E-state index in [1.807, 2.05) is 6.92 Å². The summed E-state index contributed by atoms with van der Waals surface area (Å²) < 4.78 is 10.6. The van der Waals surface area contributed by atoms with Crippen LogP contribution in [0.5, 0.6) is 0 Å². The Morgan fingerprint density at radius 3 is 2.47 bits per heavy atom. The monoisotopic (exact) mass is 272 g/mol. The van der Waals surface area contributed by atoms with Gasteiger partial charge in [-0.1, -0.05) is 0 Å². The van der Waals surface area contributed by atoms with Crippen LogP contribution in [0.3, 0.4) is 0 Å². The van der Waals surface area contributed by atoms with Gasteiger partial charge in [0.2, 0.25) is 0 Å². The first kappa shape index (κ1) is 16.4. The van der Waals surface area contributed by atoms with Gasteiger partial charge in [0.05, 0.1) is 19.3 Å². The van der Waals surface area contributed by atoms with Crippen LogP contribution in [0.2, 0.25) is 0 Å². The van der Waals surface area contributed by atoms with Crippen LogP contribution in [0, 0.1) is 0 Å². The molecule has 1 N–H and O–H groups in total. The maximum Gasteiger partial charge on any atom is 0.325 e. The first-order chi connectivity index (χ1) is 8.91. The van der Waals surface area contributed by atoms with Gasteiger partial charge in [-0.15, -0.1) is 0 Å². The molecule has 5 heteroatoms. The summed E-state index contributed by atoms with van der Waals surface area (Å²) in [6.07, 6.45) is 2.32. The topological polar surface area (TPSA) is 50.8 Å². The van der Waals surface area contributed by atoms with Crippen molar-refractivity contribution >= 4 is 5.97 Å². The smallest absolute Gasteiger partial charge is 0.325 e. The summed E-state index contributed by atoms with van der Waals surface area (Å²) in [4.78, 5) is 14.1. The zero-order valence-corrected chi connectivity index (χ0v) is 12.9. The predicted molar refractivity (Wildman–Crippen MR) is 75.2 cm³/mol. The molecule has 0 amide bonds. The standard InChI is InChI=1S/C14H28N2O3/c1-11-9-16(10-12(2)19-11)8-6-7-14(3,15-4)13(17)18-5/h11-12,15H,6-10H2,1-5H3. The van der Waals surface area contributed by atoms with E-state index in [1.165, 1.54) is 7.11 Å². The summed E-state index contributed by atoms with van der Waals surface area (Å²) in [5.74, 6) is -0.196. The van der Waals surface area contributed by atoms with Crippen molar-refractivity contribution in [2.45, 2.75) is 51.4 Å². The molecule has 19 heavy (non-hydrogen) atoms. The molecule has 0 spiro atoms. The van der Waals surface area contributed by atoms with E-state index in [0.717, 1.165) is 32.5 Å². The molecule has 0 aromatic heterocycles. The molecule has 0 aromatic carbocycles. The van der Waals surface area contributed by atoms with E-state index in [-0.39, 0.29) is 5.97 Å². The van der Waals surface area contributed by atoms with Gasteiger partial charge in [0.15, 0.2) is 0 Å². The van der Waals surface area contributed by atoms with Gasteiger partial charge in [-0.25, -0.2) is 0 Å². The van der Waals surface area contributed by atoms with Crippen LogP contribution in [-0.4, -0.2) is 62.4 Å². The lowest BCUT2D eigenvalue weighted by molar-refractivity contribution is -0.148. The third-order valence-electron chi connectivity index (χ3n) is 3.83. The number of nitrogens with zero attached hydrogens (tertiary/aromatic N) is 1. The molecule has 0 bridgehead atoms. The Morgan fingerprint density at radius 2 is 2.00 bits per heavy atom. The Hall–Kier alpha value is -0.650. The van der Waals surface area contributed by atoms with Gasteiger partial charge in [0.25, 0.3) is 0 Å². The number of morpholine rings is 1. The van der Waals surface area contributed by atoms with Gasteiger partial charge in [-0.3, -0.25) is 9.69 Å². The zero-order chi connectivity index (χ0) is 14.5. The normalized spacial score (nSPS) is 27.8. The molecule has 1 aliphatic rings. The van der Waals surface area contributed by atoms with Gasteiger partial charge in [0.1, 0.15) is 5.54 Å². The molecule has 3 unspecified atom stereocenters. The summed E-state index contributed by atoms with van der Waals surface area (Å²) in [5, 5.41) is 3.07. The second kappa shape index (κ2) is 7.22. The van der Waals surface area contributed by atoms with Crippen LogP contribution < -0.4 is 5.32 Å². The summed E-state index contributed by atoms with van der Waals surface area (Å²) in [6, 6.07) is 0. The average Bonchev–Trinajstić information content (AvgIpc) is 2.36. The molecule has 1 heterocycles. The van der Waals surface area contributed by atoms with Crippen molar-refractivity contribution in [1.29, 1.82) is 0 Å². The summed E-state index contributed by atoms with van der Waals surface area (Å²) in [6.45, 7) is 9.04. The number of likely N-dealkylation sites (N-methyl/N-ethyl adjacent to an activating group) is 1. The average molecular weight is 272 g/mol. The van der Waals surface area contributed by atoms with E-state index >= 15 is 0 Å². The fourth-order valence-electron chi connectivity index (χ4n) is 2.68. The predicted octanol–water partition coefficient (Wildman–Crippen LogP) is 1.03. The number of carbonyl (C=O) groups is 1. The molecule has 0 aromatic rings. The second-order valence-corrected chi connectivity index (χ2v) is 5.69. The number of rotatable bonds is 6. The fourth-order valence-corrected chi connectivity index (χ4v) is 2.68. The molecule has 0 saturated carbocycles. The second-order valence-electron chi connectivity index (χ2n) is 5.69.